The van der Waals surface area contributed by atoms with Crippen molar-refractivity contribution in [2.45, 2.75) is 38.5 Å². The molecule has 6 heteroatoms. The Balaban J connectivity index is 3.71. The Hall–Kier alpha value is 0.220. The molecule has 0 aromatic carbocycles. The number of rotatable bonds is 9. The van der Waals surface area contributed by atoms with Crippen LogP contribution in [0.15, 0.2) is 0 Å². The molecule has 98 valence electrons. The number of hydrogen-bond donors (Lipinski definition) is 2. The Labute approximate surface area is 104 Å². The van der Waals surface area contributed by atoms with E-state index >= 15 is 0 Å². The Morgan fingerprint density at radius 3 is 2.31 bits per heavy atom. The fourth-order valence-electron chi connectivity index (χ4n) is 1.09. The lowest BCUT2D eigenvalue weighted by molar-refractivity contribution is 0.565. The summed E-state index contributed by atoms with van der Waals surface area (Å²) in [4.78, 5) is 0. The van der Waals surface area contributed by atoms with Gasteiger partial charge >= 0.3 is 0 Å². The average Bonchev–Trinajstić information content (AvgIpc) is 2.16. The molecule has 0 saturated heterocycles. The number of hydrogen-bond acceptors (Lipinski definition) is 4. The third-order valence-electron chi connectivity index (χ3n) is 2.20. The maximum atomic E-state index is 11.5. The molecule has 0 saturated carbocycles. The van der Waals surface area contributed by atoms with E-state index in [-0.39, 0.29) is 5.75 Å². The molecule has 0 heterocycles. The van der Waals surface area contributed by atoms with Gasteiger partial charge in [-0.05, 0) is 12.7 Å². The molecule has 0 aliphatic carbocycles. The van der Waals surface area contributed by atoms with E-state index in [2.05, 4.69) is 17.0 Å². The van der Waals surface area contributed by atoms with Crippen molar-refractivity contribution in [2.24, 2.45) is 0 Å². The molecule has 2 N–H and O–H groups in total. The Morgan fingerprint density at radius 1 is 1.19 bits per heavy atom. The normalized spacial score (nSPS) is 14.3. The second kappa shape index (κ2) is 8.33. The van der Waals surface area contributed by atoms with E-state index < -0.39 is 10.0 Å². The third-order valence-corrected chi connectivity index (χ3v) is 4.62. The molecule has 0 aliphatic heterocycles. The monoisotopic (exact) mass is 268 g/mol. The maximum absolute atomic E-state index is 11.5. The van der Waals surface area contributed by atoms with Crippen molar-refractivity contribution in [3.8, 4) is 0 Å². The Kier molecular flexibility index (Phi) is 8.45. The van der Waals surface area contributed by atoms with Crippen molar-refractivity contribution in [1.29, 1.82) is 0 Å². The van der Waals surface area contributed by atoms with Gasteiger partial charge in [-0.3, -0.25) is 0 Å². The highest BCUT2D eigenvalue weighted by molar-refractivity contribution is 7.99. The van der Waals surface area contributed by atoms with E-state index in [1.54, 1.807) is 11.8 Å². The highest BCUT2D eigenvalue weighted by atomic mass is 32.2. The van der Waals surface area contributed by atoms with Crippen LogP contribution in [0.25, 0.3) is 0 Å². The van der Waals surface area contributed by atoms with Gasteiger partial charge in [0.1, 0.15) is 0 Å². The molecule has 0 spiro atoms. The molecule has 4 nitrogen and oxygen atoms in total. The quantitative estimate of drug-likeness (QED) is 0.656. The van der Waals surface area contributed by atoms with Crippen molar-refractivity contribution in [1.82, 2.24) is 10.0 Å². The largest absolute Gasteiger partial charge is 0.313 e. The topological polar surface area (TPSA) is 58.2 Å². The number of thioether (sulfide) groups is 1. The van der Waals surface area contributed by atoms with Crippen LogP contribution in [-0.4, -0.2) is 44.8 Å². The van der Waals surface area contributed by atoms with Gasteiger partial charge in [-0.25, -0.2) is 13.1 Å². The first-order valence-electron chi connectivity index (χ1n) is 5.61. The van der Waals surface area contributed by atoms with Crippen LogP contribution in [-0.2, 0) is 10.0 Å². The van der Waals surface area contributed by atoms with Gasteiger partial charge in [0.05, 0.1) is 5.75 Å². The van der Waals surface area contributed by atoms with Gasteiger partial charge in [0.2, 0.25) is 10.0 Å². The molecule has 0 aliphatic rings. The summed E-state index contributed by atoms with van der Waals surface area (Å²) in [7, 11) is -3.10. The molecule has 1 atom stereocenters. The van der Waals surface area contributed by atoms with E-state index in [0.29, 0.717) is 24.4 Å². The van der Waals surface area contributed by atoms with Gasteiger partial charge in [0.25, 0.3) is 0 Å². The van der Waals surface area contributed by atoms with Crippen molar-refractivity contribution in [3.05, 3.63) is 0 Å². The van der Waals surface area contributed by atoms with Crippen LogP contribution in [0.1, 0.15) is 27.2 Å². The van der Waals surface area contributed by atoms with Crippen LogP contribution in [0.5, 0.6) is 0 Å². The van der Waals surface area contributed by atoms with Crippen molar-refractivity contribution in [3.63, 3.8) is 0 Å². The van der Waals surface area contributed by atoms with E-state index in [4.69, 9.17) is 0 Å². The van der Waals surface area contributed by atoms with E-state index in [1.165, 1.54) is 0 Å². The average molecular weight is 268 g/mol. The SMILES string of the molecule is CSC(C)CCNS(=O)(=O)CCNC(C)C. The zero-order valence-corrected chi connectivity index (χ0v) is 12.2. The van der Waals surface area contributed by atoms with Crippen molar-refractivity contribution < 1.29 is 8.42 Å². The summed E-state index contributed by atoms with van der Waals surface area (Å²) in [5, 5.41) is 3.59. The van der Waals surface area contributed by atoms with Crippen LogP contribution >= 0.6 is 11.8 Å². The van der Waals surface area contributed by atoms with Gasteiger partial charge in [0.15, 0.2) is 0 Å². The molecule has 0 aromatic heterocycles. The van der Waals surface area contributed by atoms with Gasteiger partial charge in [-0.15, -0.1) is 0 Å². The highest BCUT2D eigenvalue weighted by Gasteiger charge is 2.10. The minimum absolute atomic E-state index is 0.152. The summed E-state index contributed by atoms with van der Waals surface area (Å²) in [6, 6.07) is 0.326. The summed E-state index contributed by atoms with van der Waals surface area (Å²) in [5.41, 5.74) is 0. The molecule has 0 aromatic rings. The van der Waals surface area contributed by atoms with Crippen LogP contribution < -0.4 is 10.0 Å². The first-order chi connectivity index (χ1) is 7.37. The second-order valence-electron chi connectivity index (χ2n) is 4.16. The lowest BCUT2D eigenvalue weighted by atomic mass is 10.3. The lowest BCUT2D eigenvalue weighted by Gasteiger charge is -2.11. The highest BCUT2D eigenvalue weighted by Crippen LogP contribution is 2.08. The molecule has 0 rings (SSSR count). The zero-order valence-electron chi connectivity index (χ0n) is 10.6. The molecule has 0 amide bonds. The van der Waals surface area contributed by atoms with Crippen LogP contribution in [0.3, 0.4) is 0 Å². The molecular formula is C10H24N2O2S2. The molecule has 0 bridgehead atoms. The molecule has 16 heavy (non-hydrogen) atoms. The van der Waals surface area contributed by atoms with E-state index in [1.807, 2.05) is 20.1 Å². The van der Waals surface area contributed by atoms with Crippen LogP contribution in [0.2, 0.25) is 0 Å². The molecule has 1 unspecified atom stereocenters. The first kappa shape index (κ1) is 16.2. The number of sulfonamides is 1. The van der Waals surface area contributed by atoms with Crippen LogP contribution in [0, 0.1) is 0 Å². The first-order valence-corrected chi connectivity index (χ1v) is 8.55. The molecule has 0 radical (unpaired) electrons. The third kappa shape index (κ3) is 9.45. The summed E-state index contributed by atoms with van der Waals surface area (Å²) < 4.78 is 25.7. The summed E-state index contributed by atoms with van der Waals surface area (Å²) in [6.07, 6.45) is 2.91. The number of nitrogens with one attached hydrogen (secondary N) is 2. The van der Waals surface area contributed by atoms with Crippen molar-refractivity contribution >= 4 is 21.8 Å². The predicted molar refractivity (Wildman–Crippen MR) is 72.5 cm³/mol. The van der Waals surface area contributed by atoms with Gasteiger partial charge in [-0.2, -0.15) is 11.8 Å². The smallest absolute Gasteiger partial charge is 0.212 e. The van der Waals surface area contributed by atoms with Gasteiger partial charge < -0.3 is 5.32 Å². The fraction of sp³-hybridized carbons (Fsp3) is 1.00. The zero-order chi connectivity index (χ0) is 12.6. The van der Waals surface area contributed by atoms with E-state index in [9.17, 15) is 8.42 Å². The Morgan fingerprint density at radius 2 is 1.81 bits per heavy atom. The Bertz CT molecular complexity index is 266. The maximum Gasteiger partial charge on any atom is 0.212 e. The summed E-state index contributed by atoms with van der Waals surface area (Å²) in [6.45, 7) is 7.14. The lowest BCUT2D eigenvalue weighted by Crippen LogP contribution is -2.35. The second-order valence-corrected chi connectivity index (χ2v) is 7.36. The standard InChI is InChI=1S/C10H24N2O2S2/c1-9(2)11-7-8-16(13,14)12-6-5-10(3)15-4/h9-12H,5-8H2,1-4H3. The molecular weight excluding hydrogens is 244 g/mol. The summed E-state index contributed by atoms with van der Waals surface area (Å²) in [5.74, 6) is 0.152. The van der Waals surface area contributed by atoms with Gasteiger partial charge in [0, 0.05) is 24.4 Å². The predicted octanol–water partition coefficient (Wildman–Crippen LogP) is 1.05. The summed E-state index contributed by atoms with van der Waals surface area (Å²) >= 11 is 1.75. The minimum atomic E-state index is -3.10. The van der Waals surface area contributed by atoms with Gasteiger partial charge in [-0.1, -0.05) is 20.8 Å². The fourth-order valence-corrected chi connectivity index (χ4v) is 2.40. The molecule has 0 fully saturated rings. The van der Waals surface area contributed by atoms with Crippen molar-refractivity contribution in [2.75, 3.05) is 25.1 Å². The minimum Gasteiger partial charge on any atom is -0.313 e. The van der Waals surface area contributed by atoms with Crippen LogP contribution in [0.4, 0.5) is 0 Å². The van der Waals surface area contributed by atoms with E-state index in [0.717, 1.165) is 6.42 Å².